The first-order valence-corrected chi connectivity index (χ1v) is 7.20. The lowest BCUT2D eigenvalue weighted by atomic mass is 9.92. The van der Waals surface area contributed by atoms with E-state index in [1.807, 2.05) is 6.92 Å². The Balaban J connectivity index is 0.00000220. The lowest BCUT2D eigenvalue weighted by molar-refractivity contribution is -0.153. The molecule has 0 spiro atoms. The number of nitrogens with zero attached hydrogens (tertiary/aromatic N) is 2. The van der Waals surface area contributed by atoms with Crippen LogP contribution in [-0.2, 0) is 4.79 Å². The molecule has 0 aromatic heterocycles. The number of alkyl halides is 3. The molecule has 0 bridgehead atoms. The Kier molecular flexibility index (Phi) is 8.47. The summed E-state index contributed by atoms with van der Waals surface area (Å²) in [4.78, 5) is 15.7. The smallest absolute Gasteiger partial charge is 0.339 e. The summed E-state index contributed by atoms with van der Waals surface area (Å²) in [5.41, 5.74) is -0.480. The molecule has 2 heterocycles. The summed E-state index contributed by atoms with van der Waals surface area (Å²) in [5, 5.41) is 3.28. The van der Waals surface area contributed by atoms with Gasteiger partial charge in [-0.2, -0.15) is 13.2 Å². The summed E-state index contributed by atoms with van der Waals surface area (Å²) in [7, 11) is 0. The Morgan fingerprint density at radius 2 is 1.77 bits per heavy atom. The second-order valence-corrected chi connectivity index (χ2v) is 5.65. The summed E-state index contributed by atoms with van der Waals surface area (Å²) in [6, 6.07) is 0. The number of halogens is 5. The highest BCUT2D eigenvalue weighted by Crippen LogP contribution is 2.26. The predicted octanol–water partition coefficient (Wildman–Crippen LogP) is 2.07. The number of carbonyl (C=O) groups excluding carboxylic acids is 1. The predicted molar refractivity (Wildman–Crippen MR) is 83.8 cm³/mol. The molecule has 2 saturated heterocycles. The molecule has 9 heteroatoms. The van der Waals surface area contributed by atoms with Gasteiger partial charge >= 0.3 is 6.18 Å². The van der Waals surface area contributed by atoms with Crippen molar-refractivity contribution in [3.8, 4) is 0 Å². The maximum atomic E-state index is 12.6. The molecule has 2 aliphatic rings. The summed E-state index contributed by atoms with van der Waals surface area (Å²) in [6.07, 6.45) is -1.63. The van der Waals surface area contributed by atoms with E-state index in [1.165, 1.54) is 4.90 Å². The Labute approximate surface area is 141 Å². The largest absolute Gasteiger partial charge is 0.401 e. The first kappa shape index (κ1) is 21.8. The molecule has 1 N–H and O–H groups in total. The molecule has 0 aromatic rings. The summed E-state index contributed by atoms with van der Waals surface area (Å²) in [6.45, 7) is 3.31. The average molecular weight is 366 g/mol. The van der Waals surface area contributed by atoms with Crippen LogP contribution in [0.3, 0.4) is 0 Å². The van der Waals surface area contributed by atoms with E-state index in [4.69, 9.17) is 0 Å². The first-order chi connectivity index (χ1) is 9.36. The normalized spacial score (nSPS) is 26.3. The third-order valence-corrected chi connectivity index (χ3v) is 4.32. The van der Waals surface area contributed by atoms with Gasteiger partial charge in [0.2, 0.25) is 5.91 Å². The van der Waals surface area contributed by atoms with Gasteiger partial charge in [0, 0.05) is 26.2 Å². The van der Waals surface area contributed by atoms with Crippen LogP contribution < -0.4 is 5.32 Å². The Bertz CT molecular complexity index is 355. The van der Waals surface area contributed by atoms with Crippen LogP contribution >= 0.6 is 24.8 Å². The topological polar surface area (TPSA) is 35.6 Å². The van der Waals surface area contributed by atoms with Gasteiger partial charge in [0.15, 0.2) is 0 Å². The van der Waals surface area contributed by atoms with Crippen molar-refractivity contribution in [2.24, 2.45) is 0 Å². The van der Waals surface area contributed by atoms with Crippen LogP contribution in [-0.4, -0.2) is 66.7 Å². The third-order valence-electron chi connectivity index (χ3n) is 4.32. The summed E-state index contributed by atoms with van der Waals surface area (Å²) < 4.78 is 37.0. The Morgan fingerprint density at radius 3 is 2.18 bits per heavy atom. The molecule has 2 aliphatic heterocycles. The van der Waals surface area contributed by atoms with Crippen molar-refractivity contribution in [2.45, 2.75) is 37.9 Å². The summed E-state index contributed by atoms with van der Waals surface area (Å²) >= 11 is 0. The minimum atomic E-state index is -4.16. The number of rotatable bonds is 3. The van der Waals surface area contributed by atoms with Crippen molar-refractivity contribution < 1.29 is 18.0 Å². The Hall–Kier alpha value is -0.240. The van der Waals surface area contributed by atoms with Crippen LogP contribution in [0, 0.1) is 0 Å². The zero-order valence-corrected chi connectivity index (χ0v) is 14.3. The van der Waals surface area contributed by atoms with Crippen LogP contribution in [0.4, 0.5) is 13.2 Å². The fourth-order valence-electron chi connectivity index (χ4n) is 3.11. The molecule has 2 rings (SSSR count). The lowest BCUT2D eigenvalue weighted by Crippen LogP contribution is -2.59. The standard InChI is InChI=1S/C13H22F3N3O.2ClH/c1-2-12(4-3-5-17-12)11(20)19-8-6-18(7-9-19)10-13(14,15)16;;/h17H,2-10H2,1H3;2*1H. The van der Waals surface area contributed by atoms with Gasteiger partial charge in [-0.15, -0.1) is 24.8 Å². The van der Waals surface area contributed by atoms with Crippen molar-refractivity contribution in [1.82, 2.24) is 15.1 Å². The second-order valence-electron chi connectivity index (χ2n) is 5.65. The van der Waals surface area contributed by atoms with Crippen LogP contribution in [0.15, 0.2) is 0 Å². The van der Waals surface area contributed by atoms with Crippen LogP contribution in [0.2, 0.25) is 0 Å². The molecule has 0 saturated carbocycles. The van der Waals surface area contributed by atoms with Gasteiger partial charge in [0.1, 0.15) is 0 Å². The van der Waals surface area contributed by atoms with Crippen LogP contribution in [0.1, 0.15) is 26.2 Å². The molecule has 1 amide bonds. The molecular weight excluding hydrogens is 342 g/mol. The SMILES string of the molecule is CCC1(C(=O)N2CCN(CC(F)(F)F)CC2)CCCN1.Cl.Cl. The number of nitrogens with one attached hydrogen (secondary N) is 1. The zero-order valence-electron chi connectivity index (χ0n) is 12.6. The van der Waals surface area contributed by atoms with Gasteiger partial charge in [-0.3, -0.25) is 9.69 Å². The number of hydrogen-bond acceptors (Lipinski definition) is 3. The quantitative estimate of drug-likeness (QED) is 0.831. The minimum Gasteiger partial charge on any atom is -0.339 e. The number of amides is 1. The highest BCUT2D eigenvalue weighted by molar-refractivity contribution is 5.87. The van der Waals surface area contributed by atoms with E-state index < -0.39 is 18.3 Å². The van der Waals surface area contributed by atoms with Gasteiger partial charge in [-0.05, 0) is 25.8 Å². The van der Waals surface area contributed by atoms with Crippen molar-refractivity contribution in [3.05, 3.63) is 0 Å². The van der Waals surface area contributed by atoms with E-state index in [2.05, 4.69) is 5.32 Å². The lowest BCUT2D eigenvalue weighted by Gasteiger charge is -2.39. The van der Waals surface area contributed by atoms with Crippen molar-refractivity contribution in [2.75, 3.05) is 39.3 Å². The molecule has 0 aromatic carbocycles. The van der Waals surface area contributed by atoms with Gasteiger partial charge in [0.05, 0.1) is 12.1 Å². The number of hydrogen-bond donors (Lipinski definition) is 1. The van der Waals surface area contributed by atoms with E-state index in [-0.39, 0.29) is 30.7 Å². The van der Waals surface area contributed by atoms with Gasteiger partial charge < -0.3 is 10.2 Å². The van der Waals surface area contributed by atoms with E-state index in [9.17, 15) is 18.0 Å². The van der Waals surface area contributed by atoms with Crippen LogP contribution in [0.25, 0.3) is 0 Å². The van der Waals surface area contributed by atoms with Crippen molar-refractivity contribution in [3.63, 3.8) is 0 Å². The monoisotopic (exact) mass is 365 g/mol. The maximum Gasteiger partial charge on any atom is 0.401 e. The Morgan fingerprint density at radius 1 is 1.18 bits per heavy atom. The van der Waals surface area contributed by atoms with Gasteiger partial charge in [0.25, 0.3) is 0 Å². The first-order valence-electron chi connectivity index (χ1n) is 7.20. The minimum absolute atomic E-state index is 0. The molecule has 2 fully saturated rings. The fraction of sp³-hybridized carbons (Fsp3) is 0.923. The van der Waals surface area contributed by atoms with E-state index in [1.54, 1.807) is 4.90 Å². The average Bonchev–Trinajstić information content (AvgIpc) is 2.87. The van der Waals surface area contributed by atoms with E-state index in [0.29, 0.717) is 26.2 Å². The molecule has 0 aliphatic carbocycles. The molecule has 22 heavy (non-hydrogen) atoms. The van der Waals surface area contributed by atoms with Gasteiger partial charge in [-0.25, -0.2) is 0 Å². The number of carbonyl (C=O) groups is 1. The van der Waals surface area contributed by atoms with Gasteiger partial charge in [-0.1, -0.05) is 6.92 Å². The highest BCUT2D eigenvalue weighted by atomic mass is 35.5. The zero-order chi connectivity index (χ0) is 14.8. The van der Waals surface area contributed by atoms with E-state index in [0.717, 1.165) is 25.8 Å². The van der Waals surface area contributed by atoms with Crippen molar-refractivity contribution in [1.29, 1.82) is 0 Å². The van der Waals surface area contributed by atoms with Crippen molar-refractivity contribution >= 4 is 30.7 Å². The molecular formula is C13H24Cl2F3N3O. The third kappa shape index (κ3) is 5.15. The van der Waals surface area contributed by atoms with Crippen LogP contribution in [0.5, 0.6) is 0 Å². The fourth-order valence-corrected chi connectivity index (χ4v) is 3.11. The molecule has 132 valence electrons. The highest BCUT2D eigenvalue weighted by Gasteiger charge is 2.42. The number of piperazine rings is 1. The molecule has 0 radical (unpaired) electrons. The maximum absolute atomic E-state index is 12.6. The second kappa shape index (κ2) is 8.57. The molecule has 1 unspecified atom stereocenters. The van der Waals surface area contributed by atoms with E-state index >= 15 is 0 Å². The molecule has 1 atom stereocenters. The summed E-state index contributed by atoms with van der Waals surface area (Å²) in [5.74, 6) is 0.0594. The molecule has 4 nitrogen and oxygen atoms in total.